The number of hydrogen-bond acceptors (Lipinski definition) is 5. The number of aryl methyl sites for hydroxylation is 1. The number of nitrogens with zero attached hydrogens (tertiary/aromatic N) is 3. The number of methoxy groups -OCH3 is 1. The van der Waals surface area contributed by atoms with Crippen molar-refractivity contribution in [3.05, 3.63) is 35.8 Å². The minimum Gasteiger partial charge on any atom is -0.481 e. The van der Waals surface area contributed by atoms with Gasteiger partial charge in [-0.05, 0) is 18.6 Å². The Morgan fingerprint density at radius 2 is 2.35 bits per heavy atom. The zero-order valence-electron chi connectivity index (χ0n) is 11.5. The van der Waals surface area contributed by atoms with Crippen molar-refractivity contribution in [3.63, 3.8) is 0 Å². The summed E-state index contributed by atoms with van der Waals surface area (Å²) in [6.45, 7) is 2.95. The smallest absolute Gasteiger partial charge is 0.274 e. The molecule has 0 fully saturated rings. The van der Waals surface area contributed by atoms with Gasteiger partial charge in [0.15, 0.2) is 5.69 Å². The molecule has 0 atom stereocenters. The number of anilines is 1. The Labute approximate surface area is 116 Å². The molecule has 0 aliphatic heterocycles. The van der Waals surface area contributed by atoms with Gasteiger partial charge in [0.25, 0.3) is 5.91 Å². The molecular formula is C13H17N5O2. The van der Waals surface area contributed by atoms with Crippen LogP contribution >= 0.6 is 0 Å². The summed E-state index contributed by atoms with van der Waals surface area (Å²) in [6, 6.07) is 3.56. The van der Waals surface area contributed by atoms with Crippen LogP contribution < -0.4 is 15.8 Å². The number of ether oxygens (including phenoxy) is 1. The molecule has 2 heterocycles. The number of carbonyl (C=O) groups excluding carboxylic acids is 1. The van der Waals surface area contributed by atoms with Gasteiger partial charge in [-0.25, -0.2) is 4.98 Å². The fourth-order valence-corrected chi connectivity index (χ4v) is 1.71. The first-order valence-electron chi connectivity index (χ1n) is 6.24. The number of carbonyl (C=O) groups is 1. The van der Waals surface area contributed by atoms with E-state index >= 15 is 0 Å². The number of pyridine rings is 1. The molecule has 0 aliphatic rings. The molecule has 2 rings (SSSR count). The van der Waals surface area contributed by atoms with Gasteiger partial charge in [-0.15, -0.1) is 0 Å². The van der Waals surface area contributed by atoms with Gasteiger partial charge in [-0.1, -0.05) is 0 Å². The second-order valence-electron chi connectivity index (χ2n) is 4.18. The molecule has 0 spiro atoms. The number of amides is 1. The van der Waals surface area contributed by atoms with Crippen molar-refractivity contribution in [3.8, 4) is 5.88 Å². The topological polar surface area (TPSA) is 95.1 Å². The maximum atomic E-state index is 12.0. The standard InChI is InChI=1S/C13H17N5O2/c1-3-18-8-10(14)12(17-18)13(19)16-7-9-4-5-15-11(6-9)20-2/h4-6,8H,3,7,14H2,1-2H3,(H,16,19). The van der Waals surface area contributed by atoms with Crippen molar-refractivity contribution < 1.29 is 9.53 Å². The van der Waals surface area contributed by atoms with Gasteiger partial charge in [-0.2, -0.15) is 5.10 Å². The highest BCUT2D eigenvalue weighted by Gasteiger charge is 2.14. The highest BCUT2D eigenvalue weighted by atomic mass is 16.5. The first-order chi connectivity index (χ1) is 9.63. The Bertz CT molecular complexity index is 609. The van der Waals surface area contributed by atoms with E-state index in [1.54, 1.807) is 36.3 Å². The molecule has 7 nitrogen and oxygen atoms in total. The van der Waals surface area contributed by atoms with Gasteiger partial charge in [0, 0.05) is 31.5 Å². The quantitative estimate of drug-likeness (QED) is 0.842. The number of hydrogen-bond donors (Lipinski definition) is 2. The predicted octanol–water partition coefficient (Wildman–Crippen LogP) is 0.819. The Morgan fingerprint density at radius 1 is 1.55 bits per heavy atom. The lowest BCUT2D eigenvalue weighted by Gasteiger charge is -2.05. The Balaban J connectivity index is 2.02. The van der Waals surface area contributed by atoms with E-state index in [0.29, 0.717) is 24.7 Å². The van der Waals surface area contributed by atoms with Gasteiger partial charge in [0.2, 0.25) is 5.88 Å². The second-order valence-corrected chi connectivity index (χ2v) is 4.18. The summed E-state index contributed by atoms with van der Waals surface area (Å²) in [6.07, 6.45) is 3.27. The third kappa shape index (κ3) is 3.05. The van der Waals surface area contributed by atoms with Crippen LogP contribution in [0.4, 0.5) is 5.69 Å². The van der Waals surface area contributed by atoms with Crippen LogP contribution in [0.1, 0.15) is 23.0 Å². The Hall–Kier alpha value is -2.57. The van der Waals surface area contributed by atoms with Crippen molar-refractivity contribution >= 4 is 11.6 Å². The zero-order chi connectivity index (χ0) is 14.5. The van der Waals surface area contributed by atoms with E-state index in [-0.39, 0.29) is 11.6 Å². The van der Waals surface area contributed by atoms with Crippen LogP contribution in [0.25, 0.3) is 0 Å². The van der Waals surface area contributed by atoms with E-state index in [2.05, 4.69) is 15.4 Å². The zero-order valence-corrected chi connectivity index (χ0v) is 11.5. The fourth-order valence-electron chi connectivity index (χ4n) is 1.71. The number of nitrogens with one attached hydrogen (secondary N) is 1. The normalized spacial score (nSPS) is 10.3. The van der Waals surface area contributed by atoms with E-state index in [1.807, 2.05) is 6.92 Å². The summed E-state index contributed by atoms with van der Waals surface area (Å²) in [5, 5.41) is 6.88. The molecule has 7 heteroatoms. The van der Waals surface area contributed by atoms with Crippen molar-refractivity contribution in [2.75, 3.05) is 12.8 Å². The summed E-state index contributed by atoms with van der Waals surface area (Å²) in [5.74, 6) is 0.206. The van der Waals surface area contributed by atoms with Gasteiger partial charge in [0.1, 0.15) is 0 Å². The molecule has 0 aromatic carbocycles. The average molecular weight is 275 g/mol. The third-order valence-corrected chi connectivity index (χ3v) is 2.79. The molecule has 3 N–H and O–H groups in total. The third-order valence-electron chi connectivity index (χ3n) is 2.79. The van der Waals surface area contributed by atoms with Gasteiger partial charge < -0.3 is 15.8 Å². The second kappa shape index (κ2) is 6.05. The van der Waals surface area contributed by atoms with Gasteiger partial charge in [-0.3, -0.25) is 9.48 Å². The van der Waals surface area contributed by atoms with E-state index in [1.165, 1.54) is 0 Å². The number of aromatic nitrogens is 3. The first kappa shape index (κ1) is 13.9. The van der Waals surface area contributed by atoms with Crippen LogP contribution in [-0.4, -0.2) is 27.8 Å². The summed E-state index contributed by atoms with van der Waals surface area (Å²) in [4.78, 5) is 16.0. The first-order valence-corrected chi connectivity index (χ1v) is 6.24. The van der Waals surface area contributed by atoms with Crippen molar-refractivity contribution in [2.24, 2.45) is 0 Å². The lowest BCUT2D eigenvalue weighted by Crippen LogP contribution is -2.24. The monoisotopic (exact) mass is 275 g/mol. The minimum absolute atomic E-state index is 0.243. The molecule has 0 saturated heterocycles. The van der Waals surface area contributed by atoms with Crippen LogP contribution in [0.2, 0.25) is 0 Å². The van der Waals surface area contributed by atoms with Crippen LogP contribution in [0.15, 0.2) is 24.5 Å². The predicted molar refractivity (Wildman–Crippen MR) is 74.3 cm³/mol. The molecule has 0 unspecified atom stereocenters. The highest BCUT2D eigenvalue weighted by Crippen LogP contribution is 2.11. The van der Waals surface area contributed by atoms with E-state index in [9.17, 15) is 4.79 Å². The molecule has 1 amide bonds. The molecule has 2 aromatic heterocycles. The van der Waals surface area contributed by atoms with E-state index < -0.39 is 0 Å². The van der Waals surface area contributed by atoms with Crippen LogP contribution in [0, 0.1) is 0 Å². The molecule has 106 valence electrons. The molecule has 0 bridgehead atoms. The lowest BCUT2D eigenvalue weighted by molar-refractivity contribution is 0.0946. The number of nitrogens with two attached hydrogens (primary N) is 1. The van der Waals surface area contributed by atoms with Gasteiger partial charge >= 0.3 is 0 Å². The minimum atomic E-state index is -0.300. The van der Waals surface area contributed by atoms with Crippen LogP contribution in [-0.2, 0) is 13.1 Å². The summed E-state index contributed by atoms with van der Waals surface area (Å²) in [5.41, 5.74) is 7.26. The maximum Gasteiger partial charge on any atom is 0.274 e. The SMILES string of the molecule is CCn1cc(N)c(C(=O)NCc2ccnc(OC)c2)n1. The Morgan fingerprint density at radius 3 is 3.00 bits per heavy atom. The number of nitrogen functional groups attached to an aromatic ring is 1. The van der Waals surface area contributed by atoms with Crippen molar-refractivity contribution in [1.29, 1.82) is 0 Å². The average Bonchev–Trinajstić information content (AvgIpc) is 2.86. The molecular weight excluding hydrogens is 258 g/mol. The van der Waals surface area contributed by atoms with Crippen LogP contribution in [0.3, 0.4) is 0 Å². The molecule has 20 heavy (non-hydrogen) atoms. The Kier molecular flexibility index (Phi) is 4.19. The highest BCUT2D eigenvalue weighted by molar-refractivity contribution is 5.96. The fraction of sp³-hybridized carbons (Fsp3) is 0.308. The van der Waals surface area contributed by atoms with E-state index in [4.69, 9.17) is 10.5 Å². The molecule has 2 aromatic rings. The van der Waals surface area contributed by atoms with Crippen LogP contribution in [0.5, 0.6) is 5.88 Å². The largest absolute Gasteiger partial charge is 0.481 e. The summed E-state index contributed by atoms with van der Waals surface area (Å²) < 4.78 is 6.65. The lowest BCUT2D eigenvalue weighted by atomic mass is 10.2. The summed E-state index contributed by atoms with van der Waals surface area (Å²) in [7, 11) is 1.54. The van der Waals surface area contributed by atoms with E-state index in [0.717, 1.165) is 5.56 Å². The van der Waals surface area contributed by atoms with Crippen molar-refractivity contribution in [1.82, 2.24) is 20.1 Å². The summed E-state index contributed by atoms with van der Waals surface area (Å²) >= 11 is 0. The number of rotatable bonds is 5. The molecule has 0 aliphatic carbocycles. The maximum absolute atomic E-state index is 12.0. The van der Waals surface area contributed by atoms with Gasteiger partial charge in [0.05, 0.1) is 12.8 Å². The molecule has 0 saturated carbocycles. The molecule has 0 radical (unpaired) electrons. The van der Waals surface area contributed by atoms with Crippen molar-refractivity contribution in [2.45, 2.75) is 20.0 Å².